The van der Waals surface area contributed by atoms with Gasteiger partial charge in [-0.05, 0) is 43.3 Å². The van der Waals surface area contributed by atoms with Gasteiger partial charge in [-0.25, -0.2) is 0 Å². The zero-order valence-electron chi connectivity index (χ0n) is 12.7. The van der Waals surface area contributed by atoms with E-state index >= 15 is 0 Å². The summed E-state index contributed by atoms with van der Waals surface area (Å²) in [6.07, 6.45) is 1.14. The fourth-order valence-electron chi connectivity index (χ4n) is 3.04. The number of halogens is 1. The summed E-state index contributed by atoms with van der Waals surface area (Å²) >= 11 is 0. The average Bonchev–Trinajstić information content (AvgIpc) is 2.59. The second kappa shape index (κ2) is 7.72. The molecule has 0 atom stereocenters. The van der Waals surface area contributed by atoms with E-state index in [9.17, 15) is 0 Å². The van der Waals surface area contributed by atoms with Crippen LogP contribution in [0.1, 0.15) is 6.92 Å². The molecule has 0 aliphatic rings. The first-order chi connectivity index (χ1) is 10.4. The van der Waals surface area contributed by atoms with Crippen molar-refractivity contribution in [1.82, 2.24) is 0 Å². The lowest BCUT2D eigenvalue weighted by molar-refractivity contribution is 1.48. The van der Waals surface area contributed by atoms with Crippen LogP contribution in [-0.2, 0) is 0 Å². The first-order valence-electron chi connectivity index (χ1n) is 7.43. The second-order valence-corrected chi connectivity index (χ2v) is 8.93. The smallest absolute Gasteiger partial charge is 0.111 e. The summed E-state index contributed by atoms with van der Waals surface area (Å²) in [4.78, 5) is 0. The highest BCUT2D eigenvalue weighted by Gasteiger charge is 2.43. The first-order valence-corrected chi connectivity index (χ1v) is 9.40. The second-order valence-electron chi connectivity index (χ2n) is 5.13. The number of rotatable bonds is 4. The first kappa shape index (κ1) is 16.9. The van der Waals surface area contributed by atoms with Crippen molar-refractivity contribution in [3.8, 4) is 0 Å². The molecule has 3 aromatic carbocycles. The molecule has 2 heteroatoms. The quantitative estimate of drug-likeness (QED) is 0.589. The van der Waals surface area contributed by atoms with E-state index in [1.165, 1.54) is 15.9 Å². The van der Waals surface area contributed by atoms with Gasteiger partial charge in [-0.15, -0.1) is 17.0 Å². The van der Waals surface area contributed by atoms with E-state index in [0.29, 0.717) is 0 Å². The fraction of sp³-hybridized carbons (Fsp3) is 0.100. The Bertz CT molecular complexity index is 584. The average molecular weight is 372 g/mol. The van der Waals surface area contributed by atoms with E-state index in [0.717, 1.165) is 6.16 Å². The van der Waals surface area contributed by atoms with Gasteiger partial charge in [0, 0.05) is 0 Å². The Kier molecular flexibility index (Phi) is 5.94. The normalized spacial score (nSPS) is 10.8. The third-order valence-electron chi connectivity index (χ3n) is 4.07. The Hall–Kier alpha value is -1.43. The van der Waals surface area contributed by atoms with Crippen LogP contribution in [0, 0.1) is 0 Å². The fourth-order valence-corrected chi connectivity index (χ4v) is 7.08. The van der Waals surface area contributed by atoms with Crippen molar-refractivity contribution in [2.75, 3.05) is 6.16 Å². The maximum Gasteiger partial charge on any atom is 0.111 e. The van der Waals surface area contributed by atoms with E-state index in [2.05, 4.69) is 97.9 Å². The Balaban J connectivity index is 0.00000176. The molecular weight excluding hydrogens is 351 g/mol. The summed E-state index contributed by atoms with van der Waals surface area (Å²) < 4.78 is 0. The van der Waals surface area contributed by atoms with Gasteiger partial charge in [-0.1, -0.05) is 54.6 Å². The van der Waals surface area contributed by atoms with Crippen LogP contribution in [-0.4, -0.2) is 6.16 Å². The van der Waals surface area contributed by atoms with Crippen molar-refractivity contribution in [1.29, 1.82) is 0 Å². The molecule has 0 amide bonds. The van der Waals surface area contributed by atoms with Crippen LogP contribution in [0.25, 0.3) is 0 Å². The molecule has 0 radical (unpaired) electrons. The molecule has 0 aliphatic heterocycles. The highest BCUT2D eigenvalue weighted by molar-refractivity contribution is 8.93. The monoisotopic (exact) mass is 371 g/mol. The van der Waals surface area contributed by atoms with Gasteiger partial charge in [0.15, 0.2) is 0 Å². The van der Waals surface area contributed by atoms with Crippen LogP contribution in [0.3, 0.4) is 0 Å². The summed E-state index contributed by atoms with van der Waals surface area (Å²) in [6.45, 7) is 2.32. The molecule has 0 N–H and O–H groups in total. The molecule has 0 aliphatic carbocycles. The molecule has 112 valence electrons. The van der Waals surface area contributed by atoms with Crippen LogP contribution in [0.4, 0.5) is 0 Å². The molecule has 0 unspecified atom stereocenters. The molecule has 0 saturated carbocycles. The standard InChI is InChI=1S/C20H20P.BrH/c1-2-21(18-12-6-3-7-13-18,19-14-8-4-9-15-19)20-16-10-5-11-17-20;/h3-17H,2H2,1H3;1H/q+1;. The summed E-state index contributed by atoms with van der Waals surface area (Å²) in [5, 5.41) is 4.39. The Morgan fingerprint density at radius 3 is 1.05 bits per heavy atom. The highest BCUT2D eigenvalue weighted by atomic mass is 79.9. The lowest BCUT2D eigenvalue weighted by Gasteiger charge is -2.26. The van der Waals surface area contributed by atoms with E-state index in [1.54, 1.807) is 0 Å². The zero-order chi connectivity index (χ0) is 14.5. The van der Waals surface area contributed by atoms with Crippen LogP contribution in [0.2, 0.25) is 0 Å². The number of benzene rings is 3. The minimum absolute atomic E-state index is 0. The molecule has 0 nitrogen and oxygen atoms in total. The van der Waals surface area contributed by atoms with Crippen molar-refractivity contribution in [2.45, 2.75) is 6.92 Å². The number of hydrogen-bond acceptors (Lipinski definition) is 0. The highest BCUT2D eigenvalue weighted by Crippen LogP contribution is 2.54. The lowest BCUT2D eigenvalue weighted by Crippen LogP contribution is -2.32. The maximum absolute atomic E-state index is 2.32. The van der Waals surface area contributed by atoms with Gasteiger partial charge in [0.2, 0.25) is 0 Å². The van der Waals surface area contributed by atoms with Crippen molar-refractivity contribution >= 4 is 40.2 Å². The van der Waals surface area contributed by atoms with E-state index in [4.69, 9.17) is 0 Å². The zero-order valence-corrected chi connectivity index (χ0v) is 15.3. The summed E-state index contributed by atoms with van der Waals surface area (Å²) in [5.74, 6) is 0. The van der Waals surface area contributed by atoms with Crippen LogP contribution in [0.15, 0.2) is 91.0 Å². The molecular formula is C20H21BrP+. The minimum Gasteiger partial charge on any atom is -0.114 e. The lowest BCUT2D eigenvalue weighted by atomic mass is 10.4. The van der Waals surface area contributed by atoms with E-state index < -0.39 is 7.26 Å². The predicted molar refractivity (Wildman–Crippen MR) is 106 cm³/mol. The SMILES string of the molecule is Br.CC[P+](c1ccccc1)(c1ccccc1)c1ccccc1. The predicted octanol–water partition coefficient (Wildman–Crippen LogP) is 4.58. The van der Waals surface area contributed by atoms with Gasteiger partial charge >= 0.3 is 0 Å². The summed E-state index contributed by atoms with van der Waals surface area (Å²) in [7, 11) is -1.53. The molecule has 22 heavy (non-hydrogen) atoms. The Morgan fingerprint density at radius 1 is 0.545 bits per heavy atom. The summed E-state index contributed by atoms with van der Waals surface area (Å²) in [6, 6.07) is 33.0. The molecule has 0 fully saturated rings. The number of hydrogen-bond donors (Lipinski definition) is 0. The van der Waals surface area contributed by atoms with Crippen LogP contribution >= 0.6 is 24.2 Å². The maximum atomic E-state index is 2.32. The summed E-state index contributed by atoms with van der Waals surface area (Å²) in [5.41, 5.74) is 0. The van der Waals surface area contributed by atoms with Gasteiger partial charge in [0.25, 0.3) is 0 Å². The van der Waals surface area contributed by atoms with Crippen molar-refractivity contribution in [2.24, 2.45) is 0 Å². The van der Waals surface area contributed by atoms with Gasteiger partial charge in [-0.3, -0.25) is 0 Å². The largest absolute Gasteiger partial charge is 0.114 e. The molecule has 3 aromatic rings. The molecule has 0 bridgehead atoms. The van der Waals surface area contributed by atoms with Crippen LogP contribution in [0.5, 0.6) is 0 Å². The molecule has 3 rings (SSSR count). The molecule has 0 spiro atoms. The van der Waals surface area contributed by atoms with Gasteiger partial charge in [0.1, 0.15) is 23.2 Å². The third kappa shape index (κ3) is 3.02. The van der Waals surface area contributed by atoms with Crippen molar-refractivity contribution in [3.05, 3.63) is 91.0 Å². The van der Waals surface area contributed by atoms with Crippen LogP contribution < -0.4 is 15.9 Å². The van der Waals surface area contributed by atoms with Gasteiger partial charge < -0.3 is 0 Å². The Labute approximate surface area is 144 Å². The van der Waals surface area contributed by atoms with E-state index in [1.807, 2.05) is 0 Å². The molecule has 0 heterocycles. The third-order valence-corrected chi connectivity index (χ3v) is 8.55. The molecule has 0 aromatic heterocycles. The van der Waals surface area contributed by atoms with Crippen molar-refractivity contribution < 1.29 is 0 Å². The van der Waals surface area contributed by atoms with E-state index in [-0.39, 0.29) is 17.0 Å². The van der Waals surface area contributed by atoms with Crippen molar-refractivity contribution in [3.63, 3.8) is 0 Å². The Morgan fingerprint density at radius 2 is 0.818 bits per heavy atom. The van der Waals surface area contributed by atoms with Gasteiger partial charge in [0.05, 0.1) is 6.16 Å². The molecule has 0 saturated heterocycles. The topological polar surface area (TPSA) is 0 Å². The minimum atomic E-state index is -1.53. The van der Waals surface area contributed by atoms with Gasteiger partial charge in [-0.2, -0.15) is 0 Å².